The number of benzene rings is 1. The Bertz CT molecular complexity index is 1010. The molecule has 1 amide bonds. The monoisotopic (exact) mass is 480 g/mol. The third-order valence-electron chi connectivity index (χ3n) is 5.76. The van der Waals surface area contributed by atoms with E-state index in [2.05, 4.69) is 24.5 Å². The van der Waals surface area contributed by atoms with Gasteiger partial charge in [0.1, 0.15) is 11.6 Å². The van der Waals surface area contributed by atoms with E-state index in [0.29, 0.717) is 25.6 Å². The standard InChI is InChI=1S/C26H34N4O3.C2H6/c1-5-7-9-20(18-29(4)24(32)6-2)16-23-19(3)26(30-12-14-33-15-13-30)28-25(27-23)21-10-8-11-22(31)17-21;1-2/h6,8,10-11,16-17,31H,2,5,7,9,12-15,18H2,1,3-4H3;1-2H3/b20-16+;. The first-order chi connectivity index (χ1) is 16.9. The quantitative estimate of drug-likeness (QED) is 0.495. The molecular weight excluding hydrogens is 440 g/mol. The zero-order valence-electron chi connectivity index (χ0n) is 21.9. The predicted molar refractivity (Wildman–Crippen MR) is 144 cm³/mol. The van der Waals surface area contributed by atoms with Crippen molar-refractivity contribution in [3.05, 3.63) is 53.8 Å². The van der Waals surface area contributed by atoms with Crippen molar-refractivity contribution in [2.75, 3.05) is 44.8 Å². The van der Waals surface area contributed by atoms with Crippen LogP contribution in [0.2, 0.25) is 0 Å². The molecule has 1 fully saturated rings. The van der Waals surface area contributed by atoms with Crippen LogP contribution < -0.4 is 4.90 Å². The van der Waals surface area contributed by atoms with Crippen LogP contribution in [0.25, 0.3) is 17.5 Å². The van der Waals surface area contributed by atoms with Crippen molar-refractivity contribution >= 4 is 17.8 Å². The molecule has 1 aromatic heterocycles. The molecule has 0 bridgehead atoms. The second-order valence-electron chi connectivity index (χ2n) is 8.34. The summed E-state index contributed by atoms with van der Waals surface area (Å²) >= 11 is 0. The summed E-state index contributed by atoms with van der Waals surface area (Å²) in [5, 5.41) is 9.99. The highest BCUT2D eigenvalue weighted by atomic mass is 16.5. The van der Waals surface area contributed by atoms with Crippen LogP contribution >= 0.6 is 0 Å². The molecule has 1 aliphatic heterocycles. The van der Waals surface area contributed by atoms with Crippen LogP contribution in [-0.2, 0) is 9.53 Å². The number of aromatic hydroxyl groups is 1. The molecule has 2 heterocycles. The van der Waals surface area contributed by atoms with Crippen LogP contribution in [0.3, 0.4) is 0 Å². The van der Waals surface area contributed by atoms with Crippen molar-refractivity contribution in [1.82, 2.24) is 14.9 Å². The van der Waals surface area contributed by atoms with E-state index in [9.17, 15) is 9.90 Å². The van der Waals surface area contributed by atoms with Gasteiger partial charge < -0.3 is 19.6 Å². The van der Waals surface area contributed by atoms with Crippen molar-refractivity contribution in [3.63, 3.8) is 0 Å². The maximum absolute atomic E-state index is 12.1. The predicted octanol–water partition coefficient (Wildman–Crippen LogP) is 5.24. The van der Waals surface area contributed by atoms with Gasteiger partial charge in [0, 0.05) is 37.8 Å². The van der Waals surface area contributed by atoms with E-state index in [1.54, 1.807) is 30.1 Å². The number of morpholine rings is 1. The molecule has 7 heteroatoms. The molecule has 0 atom stereocenters. The molecule has 190 valence electrons. The Morgan fingerprint density at radius 3 is 2.60 bits per heavy atom. The summed E-state index contributed by atoms with van der Waals surface area (Å²) in [5.74, 6) is 1.51. The number of phenols is 1. The largest absolute Gasteiger partial charge is 0.508 e. The molecule has 2 aromatic rings. The number of rotatable bonds is 9. The van der Waals surface area contributed by atoms with E-state index < -0.39 is 0 Å². The fourth-order valence-electron chi connectivity index (χ4n) is 3.85. The number of unbranched alkanes of at least 4 members (excludes halogenated alkanes) is 1. The summed E-state index contributed by atoms with van der Waals surface area (Å²) in [6.07, 6.45) is 6.40. The van der Waals surface area contributed by atoms with Crippen molar-refractivity contribution in [3.8, 4) is 17.1 Å². The lowest BCUT2D eigenvalue weighted by Crippen LogP contribution is -2.37. The number of ether oxygens (including phenoxy) is 1. The van der Waals surface area contributed by atoms with Crippen molar-refractivity contribution in [1.29, 1.82) is 0 Å². The van der Waals surface area contributed by atoms with Crippen LogP contribution in [0.1, 0.15) is 51.3 Å². The summed E-state index contributed by atoms with van der Waals surface area (Å²) in [6, 6.07) is 7.00. The van der Waals surface area contributed by atoms with Gasteiger partial charge in [0.15, 0.2) is 5.82 Å². The number of nitrogens with zero attached hydrogens (tertiary/aromatic N) is 4. The first kappa shape index (κ1) is 28.1. The molecule has 0 spiro atoms. The molecule has 1 saturated heterocycles. The maximum Gasteiger partial charge on any atom is 0.245 e. The van der Waals surface area contributed by atoms with Gasteiger partial charge in [0.25, 0.3) is 0 Å². The van der Waals surface area contributed by atoms with E-state index in [0.717, 1.165) is 60.6 Å². The van der Waals surface area contributed by atoms with Crippen LogP contribution in [0.5, 0.6) is 5.75 Å². The SMILES string of the molecule is C=CC(=O)N(C)C/C(=C/c1nc(-c2cccc(O)c2)nc(N2CCOCC2)c1C)CCCC.CC. The lowest BCUT2D eigenvalue weighted by atomic mass is 10.0. The smallest absolute Gasteiger partial charge is 0.245 e. The molecule has 0 radical (unpaired) electrons. The normalized spacial score (nSPS) is 13.6. The second kappa shape index (κ2) is 14.3. The molecule has 1 aliphatic rings. The van der Waals surface area contributed by atoms with Crippen molar-refractivity contribution in [2.24, 2.45) is 0 Å². The van der Waals surface area contributed by atoms with E-state index in [4.69, 9.17) is 14.7 Å². The highest BCUT2D eigenvalue weighted by molar-refractivity contribution is 5.87. The van der Waals surface area contributed by atoms with Gasteiger partial charge in [-0.3, -0.25) is 4.79 Å². The summed E-state index contributed by atoms with van der Waals surface area (Å²) in [5.41, 5.74) is 3.71. The Morgan fingerprint density at radius 1 is 1.26 bits per heavy atom. The number of phenolic OH excluding ortho intramolecular Hbond substituents is 1. The van der Waals surface area contributed by atoms with Crippen LogP contribution in [0.4, 0.5) is 5.82 Å². The summed E-state index contributed by atoms with van der Waals surface area (Å²) in [7, 11) is 1.79. The molecule has 1 N–H and O–H groups in total. The van der Waals surface area contributed by atoms with Crippen molar-refractivity contribution < 1.29 is 14.6 Å². The second-order valence-corrected chi connectivity index (χ2v) is 8.34. The highest BCUT2D eigenvalue weighted by Crippen LogP contribution is 2.29. The Kier molecular flexibility index (Phi) is 11.4. The third-order valence-corrected chi connectivity index (χ3v) is 5.76. The number of hydrogen-bond donors (Lipinski definition) is 1. The van der Waals surface area contributed by atoms with Crippen LogP contribution in [-0.4, -0.2) is 65.8 Å². The fraction of sp³-hybridized carbons (Fsp3) is 0.464. The first-order valence-corrected chi connectivity index (χ1v) is 12.5. The number of hydrogen-bond acceptors (Lipinski definition) is 6. The first-order valence-electron chi connectivity index (χ1n) is 12.5. The molecule has 0 aliphatic carbocycles. The minimum absolute atomic E-state index is 0.105. The minimum Gasteiger partial charge on any atom is -0.508 e. The van der Waals surface area contributed by atoms with E-state index >= 15 is 0 Å². The van der Waals surface area contributed by atoms with E-state index in [1.165, 1.54) is 6.08 Å². The average molecular weight is 481 g/mol. The molecule has 0 saturated carbocycles. The number of amides is 1. The van der Waals surface area contributed by atoms with Crippen LogP contribution in [0, 0.1) is 6.92 Å². The van der Waals surface area contributed by atoms with Gasteiger partial charge in [-0.25, -0.2) is 9.97 Å². The lowest BCUT2D eigenvalue weighted by Gasteiger charge is -2.29. The Labute approximate surface area is 210 Å². The Hall–Kier alpha value is -3.19. The Balaban J connectivity index is 0.00000210. The van der Waals surface area contributed by atoms with Gasteiger partial charge in [-0.05, 0) is 49.6 Å². The molecular formula is C28H40N4O3. The minimum atomic E-state index is -0.105. The van der Waals surface area contributed by atoms with Gasteiger partial charge in [-0.15, -0.1) is 0 Å². The number of carbonyl (C=O) groups excluding carboxylic acids is 1. The number of anilines is 1. The lowest BCUT2D eigenvalue weighted by molar-refractivity contribution is -0.124. The molecule has 3 rings (SSSR count). The number of carbonyl (C=O) groups is 1. The van der Waals surface area contributed by atoms with Gasteiger partial charge in [0.05, 0.1) is 18.9 Å². The van der Waals surface area contributed by atoms with Gasteiger partial charge >= 0.3 is 0 Å². The summed E-state index contributed by atoms with van der Waals surface area (Å²) in [6.45, 7) is 15.2. The van der Waals surface area contributed by atoms with Gasteiger partial charge in [0.2, 0.25) is 5.91 Å². The molecule has 1 aromatic carbocycles. The number of likely N-dealkylation sites (N-methyl/N-ethyl adjacent to an activating group) is 1. The molecule has 35 heavy (non-hydrogen) atoms. The zero-order valence-corrected chi connectivity index (χ0v) is 21.9. The highest BCUT2D eigenvalue weighted by Gasteiger charge is 2.20. The molecule has 7 nitrogen and oxygen atoms in total. The molecule has 0 unspecified atom stereocenters. The number of aromatic nitrogens is 2. The topological polar surface area (TPSA) is 78.8 Å². The fourth-order valence-corrected chi connectivity index (χ4v) is 3.85. The van der Waals surface area contributed by atoms with Gasteiger partial charge in [-0.2, -0.15) is 0 Å². The van der Waals surface area contributed by atoms with Crippen molar-refractivity contribution in [2.45, 2.75) is 47.0 Å². The maximum atomic E-state index is 12.1. The third kappa shape index (κ3) is 7.92. The zero-order chi connectivity index (χ0) is 25.8. The average Bonchev–Trinajstić information content (AvgIpc) is 2.89. The van der Waals surface area contributed by atoms with E-state index in [-0.39, 0.29) is 11.7 Å². The van der Waals surface area contributed by atoms with Gasteiger partial charge in [-0.1, -0.05) is 45.9 Å². The van der Waals surface area contributed by atoms with E-state index in [1.807, 2.05) is 26.8 Å². The summed E-state index contributed by atoms with van der Waals surface area (Å²) in [4.78, 5) is 25.7. The van der Waals surface area contributed by atoms with Crippen LogP contribution in [0.15, 0.2) is 42.5 Å². The Morgan fingerprint density at radius 2 is 1.97 bits per heavy atom. The summed E-state index contributed by atoms with van der Waals surface area (Å²) < 4.78 is 5.53.